The van der Waals surface area contributed by atoms with Crippen LogP contribution in [0, 0.1) is 0 Å². The number of hydrogen-bond acceptors (Lipinski definition) is 8. The van der Waals surface area contributed by atoms with Gasteiger partial charge >= 0.3 is 0 Å². The van der Waals surface area contributed by atoms with Crippen molar-refractivity contribution in [3.8, 4) is 0 Å². The molecular weight excluding hydrogens is 586 g/mol. The molecule has 0 saturated carbocycles. The predicted octanol–water partition coefficient (Wildman–Crippen LogP) is 5.77. The molecule has 1 amide bonds. The van der Waals surface area contributed by atoms with Crippen LogP contribution < -0.4 is 5.32 Å². The fourth-order valence-electron chi connectivity index (χ4n) is 5.42. The molecular formula is C37H67NO8. The Balaban J connectivity index is 2.43. The average molecular weight is 654 g/mol. The minimum absolute atomic E-state index is 0.196. The van der Waals surface area contributed by atoms with Gasteiger partial charge in [0.05, 0.1) is 25.4 Å². The van der Waals surface area contributed by atoms with Crippen molar-refractivity contribution in [2.24, 2.45) is 0 Å². The minimum atomic E-state index is -1.57. The van der Waals surface area contributed by atoms with Crippen molar-refractivity contribution in [3.63, 3.8) is 0 Å². The summed E-state index contributed by atoms with van der Waals surface area (Å²) in [6, 6.07) is -0.807. The Hall–Kier alpha value is -1.59. The van der Waals surface area contributed by atoms with E-state index in [1.165, 1.54) is 51.4 Å². The topological polar surface area (TPSA) is 149 Å². The molecule has 0 aromatic carbocycles. The third kappa shape index (κ3) is 19.9. The lowest BCUT2D eigenvalue weighted by molar-refractivity contribution is -0.302. The van der Waals surface area contributed by atoms with Gasteiger partial charge in [-0.3, -0.25) is 4.79 Å². The van der Waals surface area contributed by atoms with Gasteiger partial charge in [0.15, 0.2) is 6.29 Å². The smallest absolute Gasteiger partial charge is 0.220 e. The van der Waals surface area contributed by atoms with Crippen LogP contribution in [0.15, 0.2) is 36.5 Å². The summed E-state index contributed by atoms with van der Waals surface area (Å²) < 4.78 is 11.1. The maximum absolute atomic E-state index is 12.8. The summed E-state index contributed by atoms with van der Waals surface area (Å²) in [6.07, 6.45) is 24.9. The summed E-state index contributed by atoms with van der Waals surface area (Å²) in [5.41, 5.74) is 0. The number of carbonyl (C=O) groups excluding carboxylic acids is 1. The van der Waals surface area contributed by atoms with Gasteiger partial charge in [-0.1, -0.05) is 115 Å². The van der Waals surface area contributed by atoms with E-state index in [1.54, 1.807) is 6.08 Å². The molecule has 0 bridgehead atoms. The predicted molar refractivity (Wildman–Crippen MR) is 184 cm³/mol. The van der Waals surface area contributed by atoms with Crippen LogP contribution in [-0.2, 0) is 14.3 Å². The third-order valence-corrected chi connectivity index (χ3v) is 8.46. The molecule has 7 atom stereocenters. The highest BCUT2D eigenvalue weighted by Crippen LogP contribution is 2.22. The van der Waals surface area contributed by atoms with Gasteiger partial charge in [-0.15, -0.1) is 0 Å². The summed E-state index contributed by atoms with van der Waals surface area (Å²) in [5, 5.41) is 53.6. The highest BCUT2D eigenvalue weighted by Gasteiger charge is 2.44. The van der Waals surface area contributed by atoms with Crippen LogP contribution in [0.4, 0.5) is 0 Å². The molecule has 1 aliphatic rings. The van der Waals surface area contributed by atoms with E-state index in [2.05, 4.69) is 43.5 Å². The second-order valence-electron chi connectivity index (χ2n) is 12.7. The summed E-state index contributed by atoms with van der Waals surface area (Å²) in [5.74, 6) is -0.198. The van der Waals surface area contributed by atoms with E-state index in [4.69, 9.17) is 9.47 Å². The average Bonchev–Trinajstić information content (AvgIpc) is 3.05. The van der Waals surface area contributed by atoms with E-state index in [9.17, 15) is 30.3 Å². The Kier molecular flexibility index (Phi) is 26.2. The van der Waals surface area contributed by atoms with Crippen LogP contribution in [0.2, 0.25) is 0 Å². The van der Waals surface area contributed by atoms with Gasteiger partial charge in [-0.25, -0.2) is 0 Å². The van der Waals surface area contributed by atoms with Crippen LogP contribution in [0.25, 0.3) is 0 Å². The van der Waals surface area contributed by atoms with Crippen molar-refractivity contribution in [1.82, 2.24) is 5.32 Å². The molecule has 0 spiro atoms. The molecule has 46 heavy (non-hydrogen) atoms. The fourth-order valence-corrected chi connectivity index (χ4v) is 5.42. The standard InChI is InChI=1S/C37H67NO8/c1-3-5-7-9-11-12-13-14-15-16-17-18-19-21-23-25-27-33(41)38-30(31(40)26-24-22-20-10-8-6-4-2)29-45-37-36(44)35(43)34(42)32(28-39)46-37/h12-13,15-16,24,26,30-32,34-37,39-40,42-44H,3-11,14,17-23,25,27-29H2,1-2H3,(H,38,41)/b13-12-,16-15-,26-24+. The van der Waals surface area contributed by atoms with Gasteiger partial charge in [-0.2, -0.15) is 0 Å². The minimum Gasteiger partial charge on any atom is -0.394 e. The van der Waals surface area contributed by atoms with E-state index >= 15 is 0 Å². The lowest BCUT2D eigenvalue weighted by atomic mass is 9.99. The molecule has 1 aliphatic heterocycles. The molecule has 1 rings (SSSR count). The summed E-state index contributed by atoms with van der Waals surface area (Å²) >= 11 is 0. The molecule has 6 N–H and O–H groups in total. The molecule has 1 heterocycles. The van der Waals surface area contributed by atoms with Crippen LogP contribution in [0.5, 0.6) is 0 Å². The van der Waals surface area contributed by atoms with Crippen molar-refractivity contribution < 1.29 is 39.8 Å². The summed E-state index contributed by atoms with van der Waals surface area (Å²) in [6.45, 7) is 3.65. The first-order valence-corrected chi connectivity index (χ1v) is 18.2. The SMILES string of the molecule is CCCCCC/C=C\C/C=C\CCCCCCCC(=O)NC(COC1OC(CO)C(O)C(O)C1O)C(O)/C=C/CCCCCCC. The second kappa shape index (κ2) is 28.4. The zero-order valence-electron chi connectivity index (χ0n) is 28.8. The quantitative estimate of drug-likeness (QED) is 0.0461. The molecule has 1 saturated heterocycles. The van der Waals surface area contributed by atoms with E-state index in [0.29, 0.717) is 6.42 Å². The van der Waals surface area contributed by atoms with Gasteiger partial charge in [-0.05, 0) is 51.4 Å². The van der Waals surface area contributed by atoms with Gasteiger partial charge in [0, 0.05) is 6.42 Å². The highest BCUT2D eigenvalue weighted by molar-refractivity contribution is 5.76. The molecule has 1 fully saturated rings. The first-order chi connectivity index (χ1) is 22.3. The van der Waals surface area contributed by atoms with E-state index in [-0.39, 0.29) is 12.5 Å². The molecule has 0 radical (unpaired) electrons. The normalized spacial score (nSPS) is 23.5. The number of allylic oxidation sites excluding steroid dienone is 5. The lowest BCUT2D eigenvalue weighted by Crippen LogP contribution is -2.60. The first-order valence-electron chi connectivity index (χ1n) is 18.2. The molecule has 0 aliphatic carbocycles. The Labute approximate surface area is 279 Å². The Bertz CT molecular complexity index is 817. The van der Waals surface area contributed by atoms with Crippen LogP contribution >= 0.6 is 0 Å². The van der Waals surface area contributed by atoms with Crippen molar-refractivity contribution in [2.75, 3.05) is 13.2 Å². The molecule has 268 valence electrons. The van der Waals surface area contributed by atoms with Gasteiger partial charge in [0.1, 0.15) is 24.4 Å². The number of hydrogen-bond donors (Lipinski definition) is 6. The number of ether oxygens (including phenoxy) is 2. The van der Waals surface area contributed by atoms with Crippen molar-refractivity contribution >= 4 is 5.91 Å². The third-order valence-electron chi connectivity index (χ3n) is 8.46. The van der Waals surface area contributed by atoms with Crippen molar-refractivity contribution in [1.29, 1.82) is 0 Å². The Morgan fingerprint density at radius 1 is 0.739 bits per heavy atom. The number of nitrogens with one attached hydrogen (secondary N) is 1. The molecule has 0 aromatic rings. The maximum Gasteiger partial charge on any atom is 0.220 e. The van der Waals surface area contributed by atoms with Gasteiger partial charge in [0.25, 0.3) is 0 Å². The molecule has 0 aromatic heterocycles. The van der Waals surface area contributed by atoms with Crippen LogP contribution in [0.1, 0.15) is 136 Å². The second-order valence-corrected chi connectivity index (χ2v) is 12.7. The van der Waals surface area contributed by atoms with Gasteiger partial charge < -0.3 is 40.3 Å². The van der Waals surface area contributed by atoms with E-state index in [1.807, 2.05) is 6.08 Å². The zero-order valence-corrected chi connectivity index (χ0v) is 28.8. The largest absolute Gasteiger partial charge is 0.394 e. The number of unbranched alkanes of at least 4 members (excludes halogenated alkanes) is 14. The molecule has 7 unspecified atom stereocenters. The number of aliphatic hydroxyl groups excluding tert-OH is 5. The maximum atomic E-state index is 12.8. The number of rotatable bonds is 28. The summed E-state index contributed by atoms with van der Waals surface area (Å²) in [4.78, 5) is 12.8. The summed E-state index contributed by atoms with van der Waals surface area (Å²) in [7, 11) is 0. The molecule has 9 nitrogen and oxygen atoms in total. The molecule has 9 heteroatoms. The monoisotopic (exact) mass is 653 g/mol. The van der Waals surface area contributed by atoms with Crippen molar-refractivity contribution in [3.05, 3.63) is 36.5 Å². The Morgan fingerprint density at radius 2 is 1.28 bits per heavy atom. The lowest BCUT2D eigenvalue weighted by Gasteiger charge is -2.40. The Morgan fingerprint density at radius 3 is 1.89 bits per heavy atom. The fraction of sp³-hybridized carbons (Fsp3) is 0.811. The highest BCUT2D eigenvalue weighted by atomic mass is 16.7. The van der Waals surface area contributed by atoms with E-state index in [0.717, 1.165) is 64.2 Å². The number of amides is 1. The zero-order chi connectivity index (χ0) is 33.8. The first kappa shape index (κ1) is 42.4. The van der Waals surface area contributed by atoms with Crippen molar-refractivity contribution in [2.45, 2.75) is 179 Å². The number of carbonyl (C=O) groups is 1. The van der Waals surface area contributed by atoms with Gasteiger partial charge in [0.2, 0.25) is 5.91 Å². The van der Waals surface area contributed by atoms with Crippen LogP contribution in [0.3, 0.4) is 0 Å². The number of aliphatic hydroxyl groups is 5. The van der Waals surface area contributed by atoms with Crippen LogP contribution in [-0.4, -0.2) is 87.5 Å². The van der Waals surface area contributed by atoms with E-state index < -0.39 is 49.5 Å².